The van der Waals surface area contributed by atoms with E-state index >= 15 is 0 Å². The fourth-order valence-electron chi connectivity index (χ4n) is 2.06. The predicted octanol–water partition coefficient (Wildman–Crippen LogP) is 3.77. The summed E-state index contributed by atoms with van der Waals surface area (Å²) in [6.07, 6.45) is 0. The van der Waals surface area contributed by atoms with E-state index in [4.69, 9.17) is 4.42 Å². The summed E-state index contributed by atoms with van der Waals surface area (Å²) >= 11 is 2.93. The highest BCUT2D eigenvalue weighted by Crippen LogP contribution is 2.36. The van der Waals surface area contributed by atoms with Crippen molar-refractivity contribution in [2.45, 2.75) is 0 Å². The minimum absolute atomic E-state index is 0.0255. The van der Waals surface area contributed by atoms with Crippen LogP contribution in [0.4, 0.5) is 4.39 Å². The molecule has 0 aliphatic rings. The molecule has 4 nitrogen and oxygen atoms in total. The second-order valence-corrected chi connectivity index (χ2v) is 5.22. The standard InChI is InChI=1S/C15H8BrFO4/c16-8-6-9-10(12(18)11(8)17)13(19)14(20)15(21-9)7-4-2-1-3-5-7/h1-6,18,20H. The molecule has 0 radical (unpaired) electrons. The van der Waals surface area contributed by atoms with Crippen molar-refractivity contribution < 1.29 is 19.0 Å². The molecular weight excluding hydrogens is 343 g/mol. The zero-order valence-electron chi connectivity index (χ0n) is 10.4. The van der Waals surface area contributed by atoms with Gasteiger partial charge in [-0.05, 0) is 22.0 Å². The van der Waals surface area contributed by atoms with E-state index < -0.39 is 28.1 Å². The van der Waals surface area contributed by atoms with E-state index in [1.165, 1.54) is 6.07 Å². The summed E-state index contributed by atoms with van der Waals surface area (Å²) in [7, 11) is 0. The number of hydrogen-bond acceptors (Lipinski definition) is 4. The van der Waals surface area contributed by atoms with Crippen LogP contribution in [0.25, 0.3) is 22.3 Å². The molecule has 0 aliphatic heterocycles. The Balaban J connectivity index is 2.44. The first-order valence-electron chi connectivity index (χ1n) is 5.93. The average Bonchev–Trinajstić information content (AvgIpc) is 2.49. The highest BCUT2D eigenvalue weighted by atomic mass is 79.9. The van der Waals surface area contributed by atoms with Crippen molar-refractivity contribution in [1.29, 1.82) is 0 Å². The Bertz CT molecular complexity index is 903. The molecule has 1 heterocycles. The highest BCUT2D eigenvalue weighted by Gasteiger charge is 2.21. The average molecular weight is 351 g/mol. The lowest BCUT2D eigenvalue weighted by Gasteiger charge is -2.08. The fourth-order valence-corrected chi connectivity index (χ4v) is 2.45. The van der Waals surface area contributed by atoms with Crippen LogP contribution in [0.5, 0.6) is 11.5 Å². The monoisotopic (exact) mass is 350 g/mol. The van der Waals surface area contributed by atoms with E-state index in [0.29, 0.717) is 5.56 Å². The highest BCUT2D eigenvalue weighted by molar-refractivity contribution is 9.10. The molecule has 2 aromatic carbocycles. The number of rotatable bonds is 1. The van der Waals surface area contributed by atoms with Gasteiger partial charge in [-0.15, -0.1) is 0 Å². The molecule has 21 heavy (non-hydrogen) atoms. The van der Waals surface area contributed by atoms with Crippen molar-refractivity contribution in [2.24, 2.45) is 0 Å². The first-order chi connectivity index (χ1) is 10.0. The van der Waals surface area contributed by atoms with Crippen molar-refractivity contribution in [1.82, 2.24) is 0 Å². The fraction of sp³-hybridized carbons (Fsp3) is 0. The van der Waals surface area contributed by atoms with Gasteiger partial charge in [0.15, 0.2) is 17.3 Å². The van der Waals surface area contributed by atoms with Gasteiger partial charge in [0.2, 0.25) is 11.2 Å². The van der Waals surface area contributed by atoms with Gasteiger partial charge in [-0.1, -0.05) is 30.3 Å². The molecule has 0 amide bonds. The molecule has 0 spiro atoms. The molecule has 3 rings (SSSR count). The van der Waals surface area contributed by atoms with Crippen LogP contribution < -0.4 is 5.43 Å². The summed E-state index contributed by atoms with van der Waals surface area (Å²) in [5.74, 6) is -2.55. The zero-order chi connectivity index (χ0) is 15.1. The number of aromatic hydroxyl groups is 2. The lowest BCUT2D eigenvalue weighted by atomic mass is 10.1. The minimum Gasteiger partial charge on any atom is -0.504 e. The third kappa shape index (κ3) is 2.08. The van der Waals surface area contributed by atoms with E-state index in [0.717, 1.165) is 0 Å². The smallest absolute Gasteiger partial charge is 0.238 e. The number of halogens is 2. The Hall–Kier alpha value is -2.34. The summed E-state index contributed by atoms with van der Waals surface area (Å²) in [6, 6.07) is 9.76. The van der Waals surface area contributed by atoms with E-state index in [1.807, 2.05) is 0 Å². The Morgan fingerprint density at radius 2 is 1.76 bits per heavy atom. The molecule has 0 saturated carbocycles. The normalized spacial score (nSPS) is 11.0. The van der Waals surface area contributed by atoms with Crippen LogP contribution in [0.3, 0.4) is 0 Å². The van der Waals surface area contributed by atoms with E-state index in [-0.39, 0.29) is 15.8 Å². The van der Waals surface area contributed by atoms with E-state index in [1.54, 1.807) is 30.3 Å². The first kappa shape index (κ1) is 13.6. The topological polar surface area (TPSA) is 70.7 Å². The van der Waals surface area contributed by atoms with Gasteiger partial charge in [0.05, 0.1) is 4.47 Å². The van der Waals surface area contributed by atoms with Crippen LogP contribution in [0, 0.1) is 5.82 Å². The Morgan fingerprint density at radius 1 is 1.10 bits per heavy atom. The summed E-state index contributed by atoms with van der Waals surface area (Å²) in [5, 5.41) is 19.3. The Morgan fingerprint density at radius 3 is 2.43 bits per heavy atom. The minimum atomic E-state index is -0.985. The lowest BCUT2D eigenvalue weighted by molar-refractivity contribution is 0.428. The number of benzene rings is 2. The third-order valence-corrected chi connectivity index (χ3v) is 3.64. The van der Waals surface area contributed by atoms with Gasteiger partial charge in [0, 0.05) is 5.56 Å². The molecule has 6 heteroatoms. The Kier molecular flexibility index (Phi) is 3.17. The number of fused-ring (bicyclic) bond motifs is 1. The maximum absolute atomic E-state index is 13.6. The molecule has 3 aromatic rings. The molecule has 1 aromatic heterocycles. The molecular formula is C15H8BrFO4. The molecule has 0 aliphatic carbocycles. The second-order valence-electron chi connectivity index (χ2n) is 4.37. The van der Waals surface area contributed by atoms with Gasteiger partial charge in [-0.3, -0.25) is 4.79 Å². The summed E-state index contributed by atoms with van der Waals surface area (Å²) in [4.78, 5) is 12.2. The third-order valence-electron chi connectivity index (χ3n) is 3.06. The summed E-state index contributed by atoms with van der Waals surface area (Å²) < 4.78 is 19.1. The van der Waals surface area contributed by atoms with Gasteiger partial charge in [-0.2, -0.15) is 0 Å². The van der Waals surface area contributed by atoms with Crippen LogP contribution in [-0.4, -0.2) is 10.2 Å². The van der Waals surface area contributed by atoms with Gasteiger partial charge >= 0.3 is 0 Å². The predicted molar refractivity (Wildman–Crippen MR) is 78.9 cm³/mol. The summed E-state index contributed by atoms with van der Waals surface area (Å²) in [6.45, 7) is 0. The number of phenolic OH excluding ortho intramolecular Hbond substituents is 1. The molecule has 106 valence electrons. The molecule has 0 fully saturated rings. The molecule has 0 saturated heterocycles. The van der Waals surface area contributed by atoms with Crippen molar-refractivity contribution in [3.63, 3.8) is 0 Å². The second kappa shape index (κ2) is 4.89. The van der Waals surface area contributed by atoms with E-state index in [9.17, 15) is 19.4 Å². The summed E-state index contributed by atoms with van der Waals surface area (Å²) in [5.41, 5.74) is -0.421. The van der Waals surface area contributed by atoms with Crippen LogP contribution in [-0.2, 0) is 0 Å². The van der Waals surface area contributed by atoms with Gasteiger partial charge < -0.3 is 14.6 Å². The van der Waals surface area contributed by atoms with Crippen molar-refractivity contribution in [2.75, 3.05) is 0 Å². The zero-order valence-corrected chi connectivity index (χ0v) is 12.0. The van der Waals surface area contributed by atoms with E-state index in [2.05, 4.69) is 15.9 Å². The van der Waals surface area contributed by atoms with Gasteiger partial charge in [0.1, 0.15) is 11.0 Å². The number of hydrogen-bond donors (Lipinski definition) is 2. The van der Waals surface area contributed by atoms with Crippen LogP contribution in [0.1, 0.15) is 0 Å². The largest absolute Gasteiger partial charge is 0.504 e. The Labute approximate surface area is 126 Å². The van der Waals surface area contributed by atoms with Crippen molar-refractivity contribution in [3.8, 4) is 22.8 Å². The van der Waals surface area contributed by atoms with Crippen LogP contribution in [0.15, 0.2) is 50.1 Å². The molecule has 0 atom stereocenters. The number of phenols is 1. The van der Waals surface area contributed by atoms with Gasteiger partial charge in [-0.25, -0.2) is 4.39 Å². The molecule has 2 N–H and O–H groups in total. The van der Waals surface area contributed by atoms with Gasteiger partial charge in [0.25, 0.3) is 0 Å². The van der Waals surface area contributed by atoms with Crippen molar-refractivity contribution in [3.05, 3.63) is 56.9 Å². The molecule has 0 bridgehead atoms. The van der Waals surface area contributed by atoms with Crippen LogP contribution in [0.2, 0.25) is 0 Å². The maximum Gasteiger partial charge on any atom is 0.238 e. The first-order valence-corrected chi connectivity index (χ1v) is 6.72. The maximum atomic E-state index is 13.6. The van der Waals surface area contributed by atoms with Crippen LogP contribution >= 0.6 is 15.9 Å². The SMILES string of the molecule is O=c1c(O)c(-c2ccccc2)oc2cc(Br)c(F)c(O)c12. The lowest BCUT2D eigenvalue weighted by Crippen LogP contribution is -2.04. The molecule has 0 unspecified atom stereocenters. The van der Waals surface area contributed by atoms with Crippen molar-refractivity contribution >= 4 is 26.9 Å². The quantitative estimate of drug-likeness (QED) is 0.700.